The molecule has 4 heteroatoms. The third-order valence-corrected chi connectivity index (χ3v) is 5.03. The Balaban J connectivity index is 2.12. The first-order valence-corrected chi connectivity index (χ1v) is 8.52. The summed E-state index contributed by atoms with van der Waals surface area (Å²) in [6.07, 6.45) is 1.13. The number of hydrogen-bond acceptors (Lipinski definition) is 2. The van der Waals surface area contributed by atoms with Crippen molar-refractivity contribution in [2.24, 2.45) is 5.41 Å². The molecule has 2 unspecified atom stereocenters. The lowest BCUT2D eigenvalue weighted by Crippen LogP contribution is -2.59. The van der Waals surface area contributed by atoms with Crippen LogP contribution in [0.4, 0.5) is 4.39 Å². The van der Waals surface area contributed by atoms with E-state index in [9.17, 15) is 4.39 Å². The molecule has 0 bridgehead atoms. The molecule has 1 N–H and O–H groups in total. The smallest absolute Gasteiger partial charge is 0.137 e. The Bertz CT molecular complexity index is 484. The number of halogens is 2. The van der Waals surface area contributed by atoms with E-state index in [1.165, 1.54) is 0 Å². The molecule has 1 aliphatic rings. The minimum absolute atomic E-state index is 0.196. The predicted octanol–water partition coefficient (Wildman–Crippen LogP) is 4.19. The van der Waals surface area contributed by atoms with Crippen LogP contribution in [0.2, 0.25) is 0 Å². The van der Waals surface area contributed by atoms with Crippen LogP contribution in [0.25, 0.3) is 0 Å². The van der Waals surface area contributed by atoms with Crippen LogP contribution in [-0.4, -0.2) is 30.1 Å². The predicted molar refractivity (Wildman–Crippen MR) is 89.8 cm³/mol. The zero-order valence-electron chi connectivity index (χ0n) is 13.4. The van der Waals surface area contributed by atoms with E-state index in [0.717, 1.165) is 31.6 Å². The standard InChI is InChI=1S/C17H26BrFN2/c1-5-13-9-20-16(17(2,3)4)11-21(13)10-12-6-7-15(19)14(18)8-12/h6-8,13,16,20H,5,9-11H2,1-4H3. The van der Waals surface area contributed by atoms with E-state index < -0.39 is 0 Å². The second-order valence-corrected chi connectivity index (χ2v) is 7.92. The molecular weight excluding hydrogens is 331 g/mol. The van der Waals surface area contributed by atoms with Gasteiger partial charge in [0, 0.05) is 31.7 Å². The Kier molecular flexibility index (Phi) is 5.44. The summed E-state index contributed by atoms with van der Waals surface area (Å²) in [7, 11) is 0. The molecule has 1 fully saturated rings. The van der Waals surface area contributed by atoms with Gasteiger partial charge in [0.1, 0.15) is 5.82 Å². The second kappa shape index (κ2) is 6.76. The molecule has 1 aromatic carbocycles. The van der Waals surface area contributed by atoms with Gasteiger partial charge in [0.15, 0.2) is 0 Å². The quantitative estimate of drug-likeness (QED) is 0.873. The molecule has 1 aliphatic heterocycles. The van der Waals surface area contributed by atoms with E-state index in [-0.39, 0.29) is 11.2 Å². The molecule has 0 spiro atoms. The Morgan fingerprint density at radius 3 is 2.67 bits per heavy atom. The highest BCUT2D eigenvalue weighted by Crippen LogP contribution is 2.26. The lowest BCUT2D eigenvalue weighted by molar-refractivity contribution is 0.0775. The summed E-state index contributed by atoms with van der Waals surface area (Å²) in [4.78, 5) is 2.53. The molecule has 0 amide bonds. The highest BCUT2D eigenvalue weighted by Gasteiger charge is 2.33. The van der Waals surface area contributed by atoms with Gasteiger partial charge in [-0.05, 0) is 45.5 Å². The maximum atomic E-state index is 13.4. The summed E-state index contributed by atoms with van der Waals surface area (Å²) in [5, 5.41) is 3.69. The summed E-state index contributed by atoms with van der Waals surface area (Å²) < 4.78 is 13.9. The molecule has 0 radical (unpaired) electrons. The first-order valence-electron chi connectivity index (χ1n) is 7.72. The molecule has 0 saturated carbocycles. The Morgan fingerprint density at radius 2 is 2.10 bits per heavy atom. The van der Waals surface area contributed by atoms with E-state index in [1.807, 2.05) is 12.1 Å². The van der Waals surface area contributed by atoms with Crippen LogP contribution < -0.4 is 5.32 Å². The molecule has 1 heterocycles. The fraction of sp³-hybridized carbons (Fsp3) is 0.647. The lowest BCUT2D eigenvalue weighted by atomic mass is 9.84. The molecule has 2 rings (SSSR count). The monoisotopic (exact) mass is 356 g/mol. The third-order valence-electron chi connectivity index (χ3n) is 4.42. The van der Waals surface area contributed by atoms with E-state index in [0.29, 0.717) is 16.6 Å². The van der Waals surface area contributed by atoms with Crippen molar-refractivity contribution in [3.63, 3.8) is 0 Å². The van der Waals surface area contributed by atoms with Gasteiger partial charge in [0.2, 0.25) is 0 Å². The number of piperazine rings is 1. The number of hydrogen-bond donors (Lipinski definition) is 1. The van der Waals surface area contributed by atoms with Crippen molar-refractivity contribution >= 4 is 15.9 Å². The summed E-state index contributed by atoms with van der Waals surface area (Å²) in [5.41, 5.74) is 1.41. The fourth-order valence-electron chi connectivity index (χ4n) is 2.90. The first kappa shape index (κ1) is 16.9. The summed E-state index contributed by atoms with van der Waals surface area (Å²) in [6, 6.07) is 6.37. The first-order chi connectivity index (χ1) is 9.81. The van der Waals surface area contributed by atoms with Crippen molar-refractivity contribution in [2.75, 3.05) is 13.1 Å². The van der Waals surface area contributed by atoms with Gasteiger partial charge in [-0.15, -0.1) is 0 Å². The molecular formula is C17H26BrFN2. The molecule has 118 valence electrons. The minimum Gasteiger partial charge on any atom is -0.311 e. The van der Waals surface area contributed by atoms with Crippen molar-refractivity contribution in [1.29, 1.82) is 0 Å². The Labute approximate surface area is 136 Å². The van der Waals surface area contributed by atoms with Gasteiger partial charge in [-0.1, -0.05) is 33.8 Å². The fourth-order valence-corrected chi connectivity index (χ4v) is 3.33. The van der Waals surface area contributed by atoms with Crippen molar-refractivity contribution < 1.29 is 4.39 Å². The van der Waals surface area contributed by atoms with E-state index >= 15 is 0 Å². The van der Waals surface area contributed by atoms with E-state index in [1.54, 1.807) is 6.07 Å². The summed E-state index contributed by atoms with van der Waals surface area (Å²) >= 11 is 3.28. The number of rotatable bonds is 3. The largest absolute Gasteiger partial charge is 0.311 e. The normalized spacial score (nSPS) is 24.3. The van der Waals surface area contributed by atoms with Gasteiger partial charge in [-0.2, -0.15) is 0 Å². The zero-order valence-corrected chi connectivity index (χ0v) is 15.0. The van der Waals surface area contributed by atoms with E-state index in [4.69, 9.17) is 0 Å². The summed E-state index contributed by atoms with van der Waals surface area (Å²) in [5.74, 6) is -0.196. The van der Waals surface area contributed by atoms with Crippen LogP contribution >= 0.6 is 15.9 Å². The van der Waals surface area contributed by atoms with Crippen LogP contribution in [0.15, 0.2) is 22.7 Å². The lowest BCUT2D eigenvalue weighted by Gasteiger charge is -2.45. The Hall–Kier alpha value is -0.450. The average molecular weight is 357 g/mol. The molecule has 0 aromatic heterocycles. The average Bonchev–Trinajstić information content (AvgIpc) is 2.42. The number of nitrogens with zero attached hydrogens (tertiary/aromatic N) is 1. The molecule has 2 atom stereocenters. The van der Waals surface area contributed by atoms with Crippen molar-refractivity contribution in [3.05, 3.63) is 34.1 Å². The third kappa shape index (κ3) is 4.27. The van der Waals surface area contributed by atoms with Crippen molar-refractivity contribution in [1.82, 2.24) is 10.2 Å². The van der Waals surface area contributed by atoms with Gasteiger partial charge in [0.25, 0.3) is 0 Å². The van der Waals surface area contributed by atoms with E-state index in [2.05, 4.69) is 53.8 Å². The molecule has 2 nitrogen and oxygen atoms in total. The maximum Gasteiger partial charge on any atom is 0.137 e. The molecule has 1 aromatic rings. The van der Waals surface area contributed by atoms with Crippen LogP contribution in [0.5, 0.6) is 0 Å². The summed E-state index contributed by atoms with van der Waals surface area (Å²) in [6.45, 7) is 12.0. The van der Waals surface area contributed by atoms with Crippen LogP contribution in [-0.2, 0) is 6.54 Å². The molecule has 21 heavy (non-hydrogen) atoms. The van der Waals surface area contributed by atoms with Gasteiger partial charge < -0.3 is 5.32 Å². The number of benzene rings is 1. The SMILES string of the molecule is CCC1CNC(C(C)(C)C)CN1Cc1ccc(F)c(Br)c1. The maximum absolute atomic E-state index is 13.4. The Morgan fingerprint density at radius 1 is 1.38 bits per heavy atom. The van der Waals surface area contributed by atoms with Gasteiger partial charge >= 0.3 is 0 Å². The van der Waals surface area contributed by atoms with Crippen molar-refractivity contribution in [3.8, 4) is 0 Å². The van der Waals surface area contributed by atoms with Gasteiger partial charge in [-0.3, -0.25) is 4.90 Å². The highest BCUT2D eigenvalue weighted by atomic mass is 79.9. The molecule has 0 aliphatic carbocycles. The van der Waals surface area contributed by atoms with Crippen LogP contribution in [0.3, 0.4) is 0 Å². The zero-order chi connectivity index (χ0) is 15.6. The number of nitrogens with one attached hydrogen (secondary N) is 1. The van der Waals surface area contributed by atoms with Gasteiger partial charge in [0.05, 0.1) is 4.47 Å². The second-order valence-electron chi connectivity index (χ2n) is 7.07. The van der Waals surface area contributed by atoms with Crippen molar-refractivity contribution in [2.45, 2.75) is 52.7 Å². The highest BCUT2D eigenvalue weighted by molar-refractivity contribution is 9.10. The van der Waals surface area contributed by atoms with Gasteiger partial charge in [-0.25, -0.2) is 4.39 Å². The molecule has 1 saturated heterocycles. The minimum atomic E-state index is -0.196. The topological polar surface area (TPSA) is 15.3 Å². The van der Waals surface area contributed by atoms with Crippen LogP contribution in [0.1, 0.15) is 39.7 Å². The van der Waals surface area contributed by atoms with Crippen LogP contribution in [0, 0.1) is 11.2 Å².